The van der Waals surface area contributed by atoms with Crippen LogP contribution in [0.4, 0.5) is 10.5 Å². The van der Waals surface area contributed by atoms with Crippen LogP contribution in [-0.2, 0) is 4.74 Å². The highest BCUT2D eigenvalue weighted by atomic mass is 32.2. The summed E-state index contributed by atoms with van der Waals surface area (Å²) in [5.41, 5.74) is 0.251. The summed E-state index contributed by atoms with van der Waals surface area (Å²) < 4.78 is 16.4. The number of rotatable bonds is 6. The molecule has 0 aliphatic carbocycles. The number of thioether (sulfide) groups is 1. The Labute approximate surface area is 145 Å². The molecule has 1 fully saturated rings. The molecule has 7 nitrogen and oxygen atoms in total. The number of urea groups is 1. The minimum atomic E-state index is -0.389. The van der Waals surface area contributed by atoms with Crippen molar-refractivity contribution in [2.24, 2.45) is 0 Å². The van der Waals surface area contributed by atoms with Crippen LogP contribution in [0.15, 0.2) is 18.2 Å². The van der Waals surface area contributed by atoms with E-state index in [4.69, 9.17) is 19.3 Å². The van der Waals surface area contributed by atoms with Crippen LogP contribution in [0.5, 0.6) is 11.5 Å². The topological polar surface area (TPSA) is 89.1 Å². The lowest BCUT2D eigenvalue weighted by atomic mass is 9.96. The molecular weight excluding hydrogens is 332 g/mol. The maximum absolute atomic E-state index is 12.2. The maximum Gasteiger partial charge on any atom is 0.319 e. The van der Waals surface area contributed by atoms with Gasteiger partial charge in [-0.05, 0) is 36.5 Å². The minimum absolute atomic E-state index is 0.0156. The van der Waals surface area contributed by atoms with Crippen molar-refractivity contribution in [3.63, 3.8) is 0 Å². The molecule has 1 aromatic carbocycles. The van der Waals surface area contributed by atoms with E-state index in [0.29, 0.717) is 23.7 Å². The van der Waals surface area contributed by atoms with Crippen LogP contribution in [0.2, 0.25) is 0 Å². The molecule has 2 aliphatic heterocycles. The summed E-state index contributed by atoms with van der Waals surface area (Å²) in [5.74, 6) is 3.30. The van der Waals surface area contributed by atoms with Crippen molar-refractivity contribution in [2.45, 2.75) is 18.4 Å². The fourth-order valence-electron chi connectivity index (χ4n) is 2.77. The van der Waals surface area contributed by atoms with Crippen LogP contribution >= 0.6 is 11.8 Å². The lowest BCUT2D eigenvalue weighted by Crippen LogP contribution is -2.48. The van der Waals surface area contributed by atoms with Gasteiger partial charge in [0.1, 0.15) is 0 Å². The molecular formula is C16H22N2O5S. The summed E-state index contributed by atoms with van der Waals surface area (Å²) in [5, 5.41) is 14.7. The third-order valence-electron chi connectivity index (χ3n) is 4.11. The first kappa shape index (κ1) is 17.2. The highest BCUT2D eigenvalue weighted by Gasteiger charge is 2.33. The molecule has 1 aromatic rings. The average molecular weight is 354 g/mol. The molecule has 0 aromatic heterocycles. The van der Waals surface area contributed by atoms with Crippen molar-refractivity contribution in [1.82, 2.24) is 5.32 Å². The fourth-order valence-corrected chi connectivity index (χ4v) is 4.01. The number of anilines is 1. The number of carbonyl (C=O) groups excluding carboxylic acids is 1. The van der Waals surface area contributed by atoms with Crippen molar-refractivity contribution in [2.75, 3.05) is 43.4 Å². The smallest absolute Gasteiger partial charge is 0.319 e. The normalized spacial score (nSPS) is 18.2. The Morgan fingerprint density at radius 1 is 1.29 bits per heavy atom. The Bertz CT molecular complexity index is 578. The van der Waals surface area contributed by atoms with Crippen LogP contribution in [-0.4, -0.2) is 54.8 Å². The first-order valence-electron chi connectivity index (χ1n) is 7.98. The molecule has 0 unspecified atom stereocenters. The third-order valence-corrected chi connectivity index (χ3v) is 5.09. The van der Waals surface area contributed by atoms with Gasteiger partial charge in [0.05, 0.1) is 18.8 Å². The summed E-state index contributed by atoms with van der Waals surface area (Å²) in [7, 11) is 0. The van der Waals surface area contributed by atoms with Crippen molar-refractivity contribution in [3.05, 3.63) is 18.2 Å². The lowest BCUT2D eigenvalue weighted by Gasteiger charge is -2.37. The number of fused-ring (bicyclic) bond motifs is 1. The van der Waals surface area contributed by atoms with Crippen LogP contribution in [0.1, 0.15) is 12.8 Å². The SMILES string of the molecule is O=C(NCC1(OCCO)CCSCC1)Nc1ccc2c(c1)OCO2. The molecule has 0 spiro atoms. The summed E-state index contributed by atoms with van der Waals surface area (Å²) in [4.78, 5) is 12.2. The number of nitrogens with one attached hydrogen (secondary N) is 2. The van der Waals surface area contributed by atoms with E-state index in [-0.39, 0.29) is 31.6 Å². The van der Waals surface area contributed by atoms with Gasteiger partial charge in [-0.25, -0.2) is 4.79 Å². The minimum Gasteiger partial charge on any atom is -0.454 e. The molecule has 2 heterocycles. The van der Waals surface area contributed by atoms with Crippen LogP contribution in [0.25, 0.3) is 0 Å². The standard InChI is InChI=1S/C16H22N2O5S/c19-5-6-23-16(3-7-24-8-4-16)10-17-15(20)18-12-1-2-13-14(9-12)22-11-21-13/h1-2,9,19H,3-8,10-11H2,(H2,17,18,20). The molecule has 0 bridgehead atoms. The van der Waals surface area contributed by atoms with E-state index in [1.165, 1.54) is 0 Å². The largest absolute Gasteiger partial charge is 0.454 e. The summed E-state index contributed by atoms with van der Waals surface area (Å²) >= 11 is 1.88. The quantitative estimate of drug-likeness (QED) is 0.722. The van der Waals surface area contributed by atoms with Crippen LogP contribution in [0, 0.1) is 0 Å². The number of amides is 2. The van der Waals surface area contributed by atoms with Gasteiger partial charge >= 0.3 is 6.03 Å². The number of aliphatic hydroxyl groups is 1. The Balaban J connectivity index is 1.53. The van der Waals surface area contributed by atoms with Gasteiger partial charge < -0.3 is 30.0 Å². The molecule has 0 atom stereocenters. The molecule has 1 saturated heterocycles. The second kappa shape index (κ2) is 7.96. The third kappa shape index (κ3) is 4.25. The Morgan fingerprint density at radius 2 is 2.08 bits per heavy atom. The Morgan fingerprint density at radius 3 is 2.88 bits per heavy atom. The van der Waals surface area contributed by atoms with E-state index < -0.39 is 0 Å². The van der Waals surface area contributed by atoms with E-state index >= 15 is 0 Å². The van der Waals surface area contributed by atoms with E-state index in [1.807, 2.05) is 11.8 Å². The number of hydrogen-bond donors (Lipinski definition) is 3. The van der Waals surface area contributed by atoms with Crippen molar-refractivity contribution in [3.8, 4) is 11.5 Å². The molecule has 3 N–H and O–H groups in total. The number of benzene rings is 1. The fraction of sp³-hybridized carbons (Fsp3) is 0.562. The predicted octanol–water partition coefficient (Wildman–Crippen LogP) is 1.81. The number of aliphatic hydroxyl groups excluding tert-OH is 1. The first-order chi connectivity index (χ1) is 11.7. The van der Waals surface area contributed by atoms with E-state index in [0.717, 1.165) is 24.3 Å². The second-order valence-electron chi connectivity index (χ2n) is 5.74. The number of carbonyl (C=O) groups is 1. The van der Waals surface area contributed by atoms with Gasteiger partial charge in [-0.3, -0.25) is 0 Å². The number of hydrogen-bond acceptors (Lipinski definition) is 6. The summed E-state index contributed by atoms with van der Waals surface area (Å²) in [6.45, 7) is 0.895. The monoisotopic (exact) mass is 354 g/mol. The average Bonchev–Trinajstić information content (AvgIpc) is 3.07. The Kier molecular flexibility index (Phi) is 5.70. The predicted molar refractivity (Wildman–Crippen MR) is 91.9 cm³/mol. The lowest BCUT2D eigenvalue weighted by molar-refractivity contribution is -0.0601. The molecule has 0 saturated carbocycles. The van der Waals surface area contributed by atoms with Crippen molar-refractivity contribution in [1.29, 1.82) is 0 Å². The van der Waals surface area contributed by atoms with E-state index in [9.17, 15) is 4.79 Å². The zero-order valence-electron chi connectivity index (χ0n) is 13.4. The van der Waals surface area contributed by atoms with Crippen molar-refractivity contribution < 1.29 is 24.1 Å². The number of ether oxygens (including phenoxy) is 3. The van der Waals surface area contributed by atoms with Crippen LogP contribution < -0.4 is 20.1 Å². The summed E-state index contributed by atoms with van der Waals surface area (Å²) in [6.07, 6.45) is 1.73. The van der Waals surface area contributed by atoms with Gasteiger partial charge in [0.2, 0.25) is 6.79 Å². The van der Waals surface area contributed by atoms with Gasteiger partial charge in [-0.2, -0.15) is 11.8 Å². The van der Waals surface area contributed by atoms with Gasteiger partial charge in [-0.1, -0.05) is 0 Å². The second-order valence-corrected chi connectivity index (χ2v) is 6.97. The van der Waals surface area contributed by atoms with Crippen LogP contribution in [0.3, 0.4) is 0 Å². The molecule has 2 aliphatic rings. The molecule has 2 amide bonds. The van der Waals surface area contributed by atoms with Crippen molar-refractivity contribution >= 4 is 23.5 Å². The zero-order chi connectivity index (χ0) is 16.8. The van der Waals surface area contributed by atoms with Gasteiger partial charge in [0.15, 0.2) is 11.5 Å². The molecule has 24 heavy (non-hydrogen) atoms. The summed E-state index contributed by atoms with van der Waals surface area (Å²) in [6, 6.07) is 4.97. The van der Waals surface area contributed by atoms with E-state index in [1.54, 1.807) is 18.2 Å². The maximum atomic E-state index is 12.2. The molecule has 8 heteroatoms. The van der Waals surface area contributed by atoms with E-state index in [2.05, 4.69) is 10.6 Å². The molecule has 0 radical (unpaired) electrons. The van der Waals surface area contributed by atoms with Gasteiger partial charge in [0, 0.05) is 18.3 Å². The highest BCUT2D eigenvalue weighted by molar-refractivity contribution is 7.99. The first-order valence-corrected chi connectivity index (χ1v) is 9.13. The zero-order valence-corrected chi connectivity index (χ0v) is 14.2. The Hall–Kier alpha value is -1.64. The van der Waals surface area contributed by atoms with Gasteiger partial charge in [-0.15, -0.1) is 0 Å². The highest BCUT2D eigenvalue weighted by Crippen LogP contribution is 2.34. The molecule has 3 rings (SSSR count). The molecule has 132 valence electrons. The van der Waals surface area contributed by atoms with Gasteiger partial charge in [0.25, 0.3) is 0 Å².